The summed E-state index contributed by atoms with van der Waals surface area (Å²) >= 11 is 0. The summed E-state index contributed by atoms with van der Waals surface area (Å²) in [4.78, 5) is 4.47. The Hall–Kier alpha value is -1.69. The normalized spacial score (nSPS) is 23.1. The minimum atomic E-state index is -0.427. The highest BCUT2D eigenvalue weighted by Crippen LogP contribution is 2.59. The molecule has 2 aliphatic rings. The van der Waals surface area contributed by atoms with Crippen molar-refractivity contribution in [3.8, 4) is 0 Å². The smallest absolute Gasteiger partial charge is 0.246 e. The maximum Gasteiger partial charge on any atom is 0.246 e. The molecule has 0 radical (unpaired) electrons. The van der Waals surface area contributed by atoms with Crippen molar-refractivity contribution in [2.24, 2.45) is 11.1 Å². The molecule has 4 rings (SSSR count). The van der Waals surface area contributed by atoms with E-state index in [9.17, 15) is 0 Å². The van der Waals surface area contributed by atoms with Crippen LogP contribution in [0.3, 0.4) is 0 Å². The standard InChI is InChI=1S/C15H20N4O2/c16-15(9-14(10-15)5-2-1-3-6-14)13-18-12(19-21-13)8-11-4-7-17-20-11/h4,7H,1-3,5-6,8-10,16H2. The van der Waals surface area contributed by atoms with Gasteiger partial charge in [-0.05, 0) is 31.1 Å². The average Bonchev–Trinajstić information content (AvgIpc) is 3.10. The molecule has 0 unspecified atom stereocenters. The van der Waals surface area contributed by atoms with Gasteiger partial charge in [-0.2, -0.15) is 4.98 Å². The predicted molar refractivity (Wildman–Crippen MR) is 74.2 cm³/mol. The van der Waals surface area contributed by atoms with Gasteiger partial charge >= 0.3 is 0 Å². The molecule has 2 fully saturated rings. The van der Waals surface area contributed by atoms with Crippen LogP contribution in [0.1, 0.15) is 62.4 Å². The Bertz CT molecular complexity index is 605. The third-order valence-corrected chi connectivity index (χ3v) is 5.01. The van der Waals surface area contributed by atoms with Crippen molar-refractivity contribution >= 4 is 0 Å². The van der Waals surface area contributed by atoms with E-state index in [1.807, 2.05) is 0 Å². The number of nitrogens with zero attached hydrogens (tertiary/aromatic N) is 3. The van der Waals surface area contributed by atoms with E-state index in [4.69, 9.17) is 14.8 Å². The van der Waals surface area contributed by atoms with Gasteiger partial charge in [0.05, 0.1) is 18.2 Å². The Morgan fingerprint density at radius 3 is 2.67 bits per heavy atom. The molecule has 2 heterocycles. The van der Waals surface area contributed by atoms with Crippen LogP contribution in [0.15, 0.2) is 21.3 Å². The van der Waals surface area contributed by atoms with E-state index in [1.54, 1.807) is 12.3 Å². The van der Waals surface area contributed by atoms with E-state index in [2.05, 4.69) is 15.3 Å². The molecule has 2 saturated carbocycles. The Labute approximate surface area is 123 Å². The summed E-state index contributed by atoms with van der Waals surface area (Å²) < 4.78 is 10.5. The zero-order valence-corrected chi connectivity index (χ0v) is 12.0. The van der Waals surface area contributed by atoms with Crippen LogP contribution in [-0.4, -0.2) is 15.3 Å². The first kappa shape index (κ1) is 13.0. The highest BCUT2D eigenvalue weighted by molar-refractivity contribution is 5.16. The molecule has 2 N–H and O–H groups in total. The zero-order chi connectivity index (χ0) is 14.3. The van der Waals surface area contributed by atoms with E-state index in [0.717, 1.165) is 18.6 Å². The second-order valence-corrected chi connectivity index (χ2v) is 6.74. The summed E-state index contributed by atoms with van der Waals surface area (Å²) in [7, 11) is 0. The number of hydrogen-bond donors (Lipinski definition) is 1. The lowest BCUT2D eigenvalue weighted by atomic mass is 9.52. The van der Waals surface area contributed by atoms with Crippen molar-refractivity contribution in [3.05, 3.63) is 29.7 Å². The Kier molecular flexibility index (Phi) is 2.89. The molecule has 0 aliphatic heterocycles. The molecule has 0 saturated heterocycles. The van der Waals surface area contributed by atoms with Gasteiger partial charge in [0.15, 0.2) is 5.82 Å². The fraction of sp³-hybridized carbons (Fsp3) is 0.667. The zero-order valence-electron chi connectivity index (χ0n) is 12.0. The van der Waals surface area contributed by atoms with Crippen molar-refractivity contribution in [1.29, 1.82) is 0 Å². The summed E-state index contributed by atoms with van der Waals surface area (Å²) in [6, 6.07) is 1.80. The average molecular weight is 288 g/mol. The number of nitrogens with two attached hydrogens (primary N) is 1. The largest absolute Gasteiger partial charge is 0.361 e. The topological polar surface area (TPSA) is 91.0 Å². The van der Waals surface area contributed by atoms with Gasteiger partial charge in [0.1, 0.15) is 5.76 Å². The van der Waals surface area contributed by atoms with Gasteiger partial charge in [-0.25, -0.2) is 0 Å². The summed E-state index contributed by atoms with van der Waals surface area (Å²) in [6.45, 7) is 0. The van der Waals surface area contributed by atoms with E-state index >= 15 is 0 Å². The minimum absolute atomic E-state index is 0.427. The first-order chi connectivity index (χ1) is 10.2. The number of rotatable bonds is 3. The molecule has 0 atom stereocenters. The lowest BCUT2D eigenvalue weighted by Crippen LogP contribution is -2.56. The monoisotopic (exact) mass is 288 g/mol. The third-order valence-electron chi connectivity index (χ3n) is 5.01. The first-order valence-corrected chi connectivity index (χ1v) is 7.69. The maximum atomic E-state index is 6.48. The molecule has 0 aromatic carbocycles. The van der Waals surface area contributed by atoms with E-state index in [0.29, 0.717) is 23.6 Å². The van der Waals surface area contributed by atoms with Gasteiger partial charge in [0.25, 0.3) is 0 Å². The highest BCUT2D eigenvalue weighted by Gasteiger charge is 2.55. The quantitative estimate of drug-likeness (QED) is 0.933. The number of aromatic nitrogens is 3. The van der Waals surface area contributed by atoms with Crippen LogP contribution in [0.4, 0.5) is 0 Å². The molecule has 0 bridgehead atoms. The SMILES string of the molecule is NC1(c2nc(Cc3ccno3)no2)CC2(CCCCC2)C1. The lowest BCUT2D eigenvalue weighted by Gasteiger charge is -2.54. The van der Waals surface area contributed by atoms with Gasteiger partial charge in [-0.1, -0.05) is 29.6 Å². The molecule has 0 amide bonds. The fourth-order valence-electron chi connectivity index (χ4n) is 4.11. The fourth-order valence-corrected chi connectivity index (χ4v) is 4.11. The molecule has 2 aliphatic carbocycles. The summed E-state index contributed by atoms with van der Waals surface area (Å²) in [5.41, 5.74) is 6.49. The van der Waals surface area contributed by atoms with Crippen molar-refractivity contribution < 1.29 is 9.05 Å². The van der Waals surface area contributed by atoms with Gasteiger partial charge in [0, 0.05) is 6.07 Å². The second kappa shape index (κ2) is 4.66. The lowest BCUT2D eigenvalue weighted by molar-refractivity contribution is -0.0263. The number of hydrogen-bond acceptors (Lipinski definition) is 6. The molecule has 2 aromatic rings. The van der Waals surface area contributed by atoms with Crippen molar-refractivity contribution in [2.45, 2.75) is 56.9 Å². The maximum absolute atomic E-state index is 6.48. The third kappa shape index (κ3) is 2.27. The molecule has 2 aromatic heterocycles. The van der Waals surface area contributed by atoms with Gasteiger partial charge in [-0.3, -0.25) is 0 Å². The molecule has 6 nitrogen and oxygen atoms in total. The van der Waals surface area contributed by atoms with Crippen molar-refractivity contribution in [3.63, 3.8) is 0 Å². The molecule has 21 heavy (non-hydrogen) atoms. The molecular weight excluding hydrogens is 268 g/mol. The molecule has 1 spiro atoms. The van der Waals surface area contributed by atoms with Crippen LogP contribution >= 0.6 is 0 Å². The van der Waals surface area contributed by atoms with Crippen LogP contribution < -0.4 is 5.73 Å². The van der Waals surface area contributed by atoms with Crippen LogP contribution in [0, 0.1) is 5.41 Å². The Morgan fingerprint density at radius 2 is 1.95 bits per heavy atom. The van der Waals surface area contributed by atoms with E-state index in [-0.39, 0.29) is 0 Å². The van der Waals surface area contributed by atoms with Crippen molar-refractivity contribution in [1.82, 2.24) is 15.3 Å². The Morgan fingerprint density at radius 1 is 1.14 bits per heavy atom. The second-order valence-electron chi connectivity index (χ2n) is 6.74. The molecule has 112 valence electrons. The summed E-state index contributed by atoms with van der Waals surface area (Å²) in [5, 5.41) is 7.69. The van der Waals surface area contributed by atoms with Gasteiger partial charge in [-0.15, -0.1) is 0 Å². The van der Waals surface area contributed by atoms with E-state index in [1.165, 1.54) is 32.1 Å². The van der Waals surface area contributed by atoms with E-state index < -0.39 is 5.54 Å². The highest BCUT2D eigenvalue weighted by atomic mass is 16.5. The minimum Gasteiger partial charge on any atom is -0.361 e. The van der Waals surface area contributed by atoms with Crippen LogP contribution in [-0.2, 0) is 12.0 Å². The Balaban J connectivity index is 1.46. The summed E-state index contributed by atoms with van der Waals surface area (Å²) in [6.07, 6.45) is 10.7. The molecule has 6 heteroatoms. The van der Waals surface area contributed by atoms with Gasteiger partial charge in [0.2, 0.25) is 5.89 Å². The van der Waals surface area contributed by atoms with Crippen LogP contribution in [0.5, 0.6) is 0 Å². The first-order valence-electron chi connectivity index (χ1n) is 7.69. The summed E-state index contributed by atoms with van der Waals surface area (Å²) in [5.74, 6) is 1.91. The molecular formula is C15H20N4O2. The van der Waals surface area contributed by atoms with Crippen LogP contribution in [0.25, 0.3) is 0 Å². The van der Waals surface area contributed by atoms with Crippen molar-refractivity contribution in [2.75, 3.05) is 0 Å². The van der Waals surface area contributed by atoms with Gasteiger partial charge < -0.3 is 14.8 Å². The van der Waals surface area contributed by atoms with Crippen LogP contribution in [0.2, 0.25) is 0 Å². The predicted octanol–water partition coefficient (Wildman–Crippen LogP) is 2.55.